The van der Waals surface area contributed by atoms with Gasteiger partial charge in [-0.25, -0.2) is 0 Å². The van der Waals surface area contributed by atoms with Gasteiger partial charge in [-0.3, -0.25) is 5.32 Å². The molecule has 0 heterocycles. The van der Waals surface area contributed by atoms with Gasteiger partial charge in [0, 0.05) is 5.92 Å². The van der Waals surface area contributed by atoms with Crippen LogP contribution in [0.3, 0.4) is 0 Å². The van der Waals surface area contributed by atoms with E-state index in [1.165, 1.54) is 12.8 Å². The number of hydrogen-bond acceptors (Lipinski definition) is 2. The molecule has 0 aromatic heterocycles. The molecule has 1 aliphatic carbocycles. The highest BCUT2D eigenvalue weighted by Gasteiger charge is 2.38. The first-order chi connectivity index (χ1) is 3.67. The SMILES string of the molecule is CNC(C)(O)C1CC1. The Morgan fingerprint density at radius 1 is 1.62 bits per heavy atom. The fourth-order valence-corrected chi connectivity index (χ4v) is 0.850. The van der Waals surface area contributed by atoms with Gasteiger partial charge < -0.3 is 5.11 Å². The van der Waals surface area contributed by atoms with Gasteiger partial charge in [-0.15, -0.1) is 0 Å². The summed E-state index contributed by atoms with van der Waals surface area (Å²) in [4.78, 5) is 0. The van der Waals surface area contributed by atoms with E-state index in [1.54, 1.807) is 7.05 Å². The van der Waals surface area contributed by atoms with Crippen molar-refractivity contribution in [2.75, 3.05) is 7.05 Å². The van der Waals surface area contributed by atoms with E-state index < -0.39 is 5.72 Å². The van der Waals surface area contributed by atoms with Gasteiger partial charge in [-0.2, -0.15) is 0 Å². The smallest absolute Gasteiger partial charge is 0.115 e. The number of nitrogens with one attached hydrogen (secondary N) is 1. The zero-order chi connectivity index (χ0) is 6.20. The van der Waals surface area contributed by atoms with E-state index in [-0.39, 0.29) is 0 Å². The van der Waals surface area contributed by atoms with Crippen LogP contribution >= 0.6 is 0 Å². The van der Waals surface area contributed by atoms with E-state index >= 15 is 0 Å². The van der Waals surface area contributed by atoms with Crippen LogP contribution in [0.5, 0.6) is 0 Å². The summed E-state index contributed by atoms with van der Waals surface area (Å²) in [5.41, 5.74) is -0.597. The van der Waals surface area contributed by atoms with Crippen molar-refractivity contribution in [3.63, 3.8) is 0 Å². The average molecular weight is 115 g/mol. The van der Waals surface area contributed by atoms with E-state index in [9.17, 15) is 5.11 Å². The van der Waals surface area contributed by atoms with Crippen molar-refractivity contribution in [1.82, 2.24) is 5.32 Å². The van der Waals surface area contributed by atoms with E-state index in [0.717, 1.165) is 0 Å². The Bertz CT molecular complexity index is 86.5. The number of rotatable bonds is 2. The fourth-order valence-electron chi connectivity index (χ4n) is 0.850. The molecular formula is C6H13NO. The third kappa shape index (κ3) is 1.01. The molecule has 0 spiro atoms. The molecule has 1 rings (SSSR count). The van der Waals surface area contributed by atoms with Crippen LogP contribution in [0, 0.1) is 5.92 Å². The topological polar surface area (TPSA) is 32.3 Å². The average Bonchev–Trinajstić information content (AvgIpc) is 2.44. The first kappa shape index (κ1) is 6.05. The van der Waals surface area contributed by atoms with Crippen molar-refractivity contribution in [3.8, 4) is 0 Å². The second-order valence-corrected chi connectivity index (χ2v) is 2.67. The number of hydrogen-bond donors (Lipinski definition) is 2. The summed E-state index contributed by atoms with van der Waals surface area (Å²) in [6.45, 7) is 1.82. The summed E-state index contributed by atoms with van der Waals surface area (Å²) in [6, 6.07) is 0. The lowest BCUT2D eigenvalue weighted by Gasteiger charge is -2.21. The van der Waals surface area contributed by atoms with Crippen LogP contribution in [0.2, 0.25) is 0 Å². The van der Waals surface area contributed by atoms with Crippen molar-refractivity contribution >= 4 is 0 Å². The Morgan fingerprint density at radius 2 is 2.12 bits per heavy atom. The highest BCUT2D eigenvalue weighted by molar-refractivity contribution is 4.87. The summed E-state index contributed by atoms with van der Waals surface area (Å²) in [7, 11) is 1.79. The Labute approximate surface area is 49.9 Å². The standard InChI is InChI=1S/C6H13NO/c1-6(8,7-2)5-3-4-5/h5,7-8H,3-4H2,1-2H3. The van der Waals surface area contributed by atoms with Crippen LogP contribution in [0.4, 0.5) is 0 Å². The van der Waals surface area contributed by atoms with Gasteiger partial charge >= 0.3 is 0 Å². The first-order valence-electron chi connectivity index (χ1n) is 3.08. The number of aliphatic hydroxyl groups is 1. The quantitative estimate of drug-likeness (QED) is 0.508. The molecule has 0 radical (unpaired) electrons. The van der Waals surface area contributed by atoms with Crippen molar-refractivity contribution < 1.29 is 5.11 Å². The van der Waals surface area contributed by atoms with Gasteiger partial charge in [0.25, 0.3) is 0 Å². The summed E-state index contributed by atoms with van der Waals surface area (Å²) in [5, 5.41) is 12.2. The van der Waals surface area contributed by atoms with Gasteiger partial charge in [0.1, 0.15) is 5.72 Å². The highest BCUT2D eigenvalue weighted by atomic mass is 16.3. The molecule has 0 amide bonds. The maximum absolute atomic E-state index is 9.35. The molecule has 1 atom stereocenters. The molecule has 0 aliphatic heterocycles. The largest absolute Gasteiger partial charge is 0.376 e. The van der Waals surface area contributed by atoms with Crippen LogP contribution in [0.25, 0.3) is 0 Å². The molecule has 8 heavy (non-hydrogen) atoms. The van der Waals surface area contributed by atoms with Crippen LogP contribution in [-0.2, 0) is 0 Å². The van der Waals surface area contributed by atoms with Crippen molar-refractivity contribution in [1.29, 1.82) is 0 Å². The lowest BCUT2D eigenvalue weighted by molar-refractivity contribution is 0.00961. The van der Waals surface area contributed by atoms with Gasteiger partial charge in [-0.05, 0) is 26.8 Å². The predicted molar refractivity (Wildman–Crippen MR) is 32.4 cm³/mol. The maximum Gasteiger partial charge on any atom is 0.115 e. The molecule has 0 aromatic rings. The van der Waals surface area contributed by atoms with Crippen LogP contribution < -0.4 is 5.32 Å². The van der Waals surface area contributed by atoms with Crippen molar-refractivity contribution in [2.24, 2.45) is 5.92 Å². The summed E-state index contributed by atoms with van der Waals surface area (Å²) in [5.74, 6) is 0.507. The molecular weight excluding hydrogens is 102 g/mol. The van der Waals surface area contributed by atoms with Crippen molar-refractivity contribution in [2.45, 2.75) is 25.5 Å². The van der Waals surface area contributed by atoms with E-state index in [4.69, 9.17) is 0 Å². The second kappa shape index (κ2) is 1.71. The Balaban J connectivity index is 2.37. The van der Waals surface area contributed by atoms with Gasteiger partial charge in [0.05, 0.1) is 0 Å². The molecule has 1 unspecified atom stereocenters. The molecule has 1 saturated carbocycles. The van der Waals surface area contributed by atoms with Gasteiger partial charge in [0.15, 0.2) is 0 Å². The minimum absolute atomic E-state index is 0.507. The summed E-state index contributed by atoms with van der Waals surface area (Å²) in [6.07, 6.45) is 2.35. The highest BCUT2D eigenvalue weighted by Crippen LogP contribution is 2.37. The van der Waals surface area contributed by atoms with E-state index in [2.05, 4.69) is 5.32 Å². The maximum atomic E-state index is 9.35. The molecule has 1 fully saturated rings. The van der Waals surface area contributed by atoms with E-state index in [0.29, 0.717) is 5.92 Å². The second-order valence-electron chi connectivity index (χ2n) is 2.67. The monoisotopic (exact) mass is 115 g/mol. The van der Waals surface area contributed by atoms with Gasteiger partial charge in [0.2, 0.25) is 0 Å². The third-order valence-corrected chi connectivity index (χ3v) is 1.88. The lowest BCUT2D eigenvalue weighted by Crippen LogP contribution is -2.41. The third-order valence-electron chi connectivity index (χ3n) is 1.88. The van der Waals surface area contributed by atoms with Crippen LogP contribution in [0.15, 0.2) is 0 Å². The van der Waals surface area contributed by atoms with Crippen LogP contribution in [0.1, 0.15) is 19.8 Å². The molecule has 0 aromatic carbocycles. The minimum atomic E-state index is -0.597. The Morgan fingerprint density at radius 3 is 2.25 bits per heavy atom. The Kier molecular flexibility index (Phi) is 1.29. The fraction of sp³-hybridized carbons (Fsp3) is 1.00. The Hall–Kier alpha value is -0.0800. The van der Waals surface area contributed by atoms with E-state index in [1.807, 2.05) is 6.92 Å². The summed E-state index contributed by atoms with van der Waals surface area (Å²) >= 11 is 0. The molecule has 2 heteroatoms. The first-order valence-corrected chi connectivity index (χ1v) is 3.08. The summed E-state index contributed by atoms with van der Waals surface area (Å²) < 4.78 is 0. The lowest BCUT2D eigenvalue weighted by atomic mass is 10.1. The van der Waals surface area contributed by atoms with Crippen LogP contribution in [-0.4, -0.2) is 17.9 Å². The minimum Gasteiger partial charge on any atom is -0.376 e. The molecule has 1 aliphatic rings. The van der Waals surface area contributed by atoms with Crippen molar-refractivity contribution in [3.05, 3.63) is 0 Å². The molecule has 0 bridgehead atoms. The zero-order valence-corrected chi connectivity index (χ0v) is 5.44. The molecule has 48 valence electrons. The normalized spacial score (nSPS) is 27.4. The predicted octanol–water partition coefficient (Wildman–Crippen LogP) is 0.324. The molecule has 0 saturated heterocycles. The van der Waals surface area contributed by atoms with Gasteiger partial charge in [-0.1, -0.05) is 0 Å². The molecule has 2 nitrogen and oxygen atoms in total. The molecule has 2 N–H and O–H groups in total. The zero-order valence-electron chi connectivity index (χ0n) is 5.44.